The molecule has 0 aliphatic carbocycles. The summed E-state index contributed by atoms with van der Waals surface area (Å²) in [5.74, 6) is 0.679. The minimum atomic E-state index is 0.213. The Labute approximate surface area is 106 Å². The van der Waals surface area contributed by atoms with Crippen LogP contribution in [0.1, 0.15) is 59.3 Å². The Kier molecular flexibility index (Phi) is 9.52. The summed E-state index contributed by atoms with van der Waals surface area (Å²) in [5, 5.41) is 8.59. The van der Waals surface area contributed by atoms with Crippen LogP contribution in [-0.4, -0.2) is 23.9 Å². The van der Waals surface area contributed by atoms with E-state index in [0.29, 0.717) is 25.3 Å². The third-order valence-corrected chi connectivity index (χ3v) is 2.68. The van der Waals surface area contributed by atoms with Crippen molar-refractivity contribution in [3.8, 4) is 6.07 Å². The Morgan fingerprint density at radius 2 is 2.00 bits per heavy atom. The fourth-order valence-electron chi connectivity index (χ4n) is 1.80. The van der Waals surface area contributed by atoms with Crippen LogP contribution in [0.15, 0.2) is 0 Å². The van der Waals surface area contributed by atoms with Gasteiger partial charge < -0.3 is 4.90 Å². The number of rotatable bonds is 9. The molecule has 0 atom stereocenters. The summed E-state index contributed by atoms with van der Waals surface area (Å²) in [6, 6.07) is 2.11. The zero-order valence-electron chi connectivity index (χ0n) is 11.5. The van der Waals surface area contributed by atoms with Crippen LogP contribution in [0.3, 0.4) is 0 Å². The lowest BCUT2D eigenvalue weighted by molar-refractivity contribution is -0.131. The average Bonchev–Trinajstić information content (AvgIpc) is 2.29. The van der Waals surface area contributed by atoms with E-state index in [4.69, 9.17) is 5.26 Å². The molecule has 0 bridgehead atoms. The van der Waals surface area contributed by atoms with E-state index >= 15 is 0 Å². The van der Waals surface area contributed by atoms with Crippen molar-refractivity contribution < 1.29 is 4.79 Å². The Morgan fingerprint density at radius 3 is 2.53 bits per heavy atom. The molecule has 0 unspecified atom stereocenters. The molecule has 0 aromatic rings. The molecule has 0 saturated carbocycles. The molecule has 0 rings (SSSR count). The van der Waals surface area contributed by atoms with Crippen LogP contribution in [-0.2, 0) is 4.79 Å². The number of hydrogen-bond donors (Lipinski definition) is 0. The molecule has 0 N–H and O–H groups in total. The molecular formula is C14H26N2O. The molecule has 0 aliphatic heterocycles. The first kappa shape index (κ1) is 16.0. The first-order chi connectivity index (χ1) is 8.11. The van der Waals surface area contributed by atoms with Crippen molar-refractivity contribution in [1.29, 1.82) is 5.26 Å². The van der Waals surface area contributed by atoms with Crippen molar-refractivity contribution in [1.82, 2.24) is 4.90 Å². The fourth-order valence-corrected chi connectivity index (χ4v) is 1.80. The molecule has 0 aromatic carbocycles. The van der Waals surface area contributed by atoms with Crippen LogP contribution < -0.4 is 0 Å². The molecule has 98 valence electrons. The third kappa shape index (κ3) is 8.74. The van der Waals surface area contributed by atoms with Gasteiger partial charge in [-0.15, -0.1) is 0 Å². The molecule has 0 aliphatic rings. The summed E-state index contributed by atoms with van der Waals surface area (Å²) in [4.78, 5) is 13.8. The molecule has 3 nitrogen and oxygen atoms in total. The van der Waals surface area contributed by atoms with E-state index in [2.05, 4.69) is 26.8 Å². The summed E-state index contributed by atoms with van der Waals surface area (Å²) < 4.78 is 0. The Hall–Kier alpha value is -1.04. The monoisotopic (exact) mass is 238 g/mol. The molecule has 0 fully saturated rings. The number of carbonyl (C=O) groups excluding carboxylic acids is 1. The minimum Gasteiger partial charge on any atom is -0.341 e. The molecule has 1 amide bonds. The van der Waals surface area contributed by atoms with E-state index in [1.807, 2.05) is 4.90 Å². The maximum atomic E-state index is 12.0. The topological polar surface area (TPSA) is 44.1 Å². The van der Waals surface area contributed by atoms with Crippen molar-refractivity contribution >= 4 is 5.91 Å². The smallest absolute Gasteiger partial charge is 0.222 e. The second kappa shape index (κ2) is 10.1. The molecule has 3 heteroatoms. The SMILES string of the molecule is CCCCCCC(=O)N(CCC#N)CC(C)C. The Morgan fingerprint density at radius 1 is 1.29 bits per heavy atom. The van der Waals surface area contributed by atoms with Gasteiger partial charge >= 0.3 is 0 Å². The zero-order chi connectivity index (χ0) is 13.1. The highest BCUT2D eigenvalue weighted by Gasteiger charge is 2.13. The second-order valence-corrected chi connectivity index (χ2v) is 4.95. The van der Waals surface area contributed by atoms with Gasteiger partial charge in [0.25, 0.3) is 0 Å². The van der Waals surface area contributed by atoms with Crippen LogP contribution in [0.2, 0.25) is 0 Å². The number of nitrogens with zero attached hydrogens (tertiary/aromatic N) is 2. The summed E-state index contributed by atoms with van der Waals surface area (Å²) in [5.41, 5.74) is 0. The Balaban J connectivity index is 3.99. The molecule has 17 heavy (non-hydrogen) atoms. The van der Waals surface area contributed by atoms with Crippen LogP contribution >= 0.6 is 0 Å². The highest BCUT2D eigenvalue weighted by Crippen LogP contribution is 2.08. The predicted octanol–water partition coefficient (Wildman–Crippen LogP) is 3.36. The summed E-state index contributed by atoms with van der Waals surface area (Å²) in [6.07, 6.45) is 5.59. The van der Waals surface area contributed by atoms with E-state index in [1.165, 1.54) is 12.8 Å². The predicted molar refractivity (Wildman–Crippen MR) is 70.4 cm³/mol. The Bertz CT molecular complexity index is 243. The number of carbonyl (C=O) groups is 1. The first-order valence-corrected chi connectivity index (χ1v) is 6.76. The third-order valence-electron chi connectivity index (χ3n) is 2.68. The molecule has 0 radical (unpaired) electrons. The number of amides is 1. The van der Waals surface area contributed by atoms with Gasteiger partial charge in [-0.05, 0) is 12.3 Å². The maximum absolute atomic E-state index is 12.0. The fraction of sp³-hybridized carbons (Fsp3) is 0.857. The quantitative estimate of drug-likeness (QED) is 0.578. The van der Waals surface area contributed by atoms with Crippen molar-refractivity contribution in [3.63, 3.8) is 0 Å². The molecule has 0 spiro atoms. The number of nitriles is 1. The van der Waals surface area contributed by atoms with Crippen molar-refractivity contribution in [2.75, 3.05) is 13.1 Å². The van der Waals surface area contributed by atoms with Gasteiger partial charge in [-0.2, -0.15) is 5.26 Å². The van der Waals surface area contributed by atoms with E-state index in [-0.39, 0.29) is 5.91 Å². The van der Waals surface area contributed by atoms with E-state index in [1.54, 1.807) is 0 Å². The molecular weight excluding hydrogens is 212 g/mol. The van der Waals surface area contributed by atoms with Gasteiger partial charge in [-0.1, -0.05) is 40.0 Å². The van der Waals surface area contributed by atoms with Gasteiger partial charge in [-0.3, -0.25) is 4.79 Å². The van der Waals surface area contributed by atoms with Crippen molar-refractivity contribution in [3.05, 3.63) is 0 Å². The largest absolute Gasteiger partial charge is 0.341 e. The minimum absolute atomic E-state index is 0.213. The van der Waals surface area contributed by atoms with Gasteiger partial charge in [0.05, 0.1) is 12.5 Å². The van der Waals surface area contributed by atoms with Crippen LogP contribution in [0, 0.1) is 17.2 Å². The normalized spacial score (nSPS) is 10.3. The van der Waals surface area contributed by atoms with E-state index in [0.717, 1.165) is 19.4 Å². The zero-order valence-corrected chi connectivity index (χ0v) is 11.5. The highest BCUT2D eigenvalue weighted by molar-refractivity contribution is 5.76. The van der Waals surface area contributed by atoms with Gasteiger partial charge in [0.15, 0.2) is 0 Å². The van der Waals surface area contributed by atoms with Crippen LogP contribution in [0.5, 0.6) is 0 Å². The van der Waals surface area contributed by atoms with Crippen LogP contribution in [0.25, 0.3) is 0 Å². The van der Waals surface area contributed by atoms with E-state index in [9.17, 15) is 4.79 Å². The summed E-state index contributed by atoms with van der Waals surface area (Å²) >= 11 is 0. The average molecular weight is 238 g/mol. The van der Waals surface area contributed by atoms with Crippen molar-refractivity contribution in [2.45, 2.75) is 59.3 Å². The van der Waals surface area contributed by atoms with Crippen LogP contribution in [0.4, 0.5) is 0 Å². The first-order valence-electron chi connectivity index (χ1n) is 6.76. The lowest BCUT2D eigenvalue weighted by atomic mass is 10.1. The van der Waals surface area contributed by atoms with E-state index < -0.39 is 0 Å². The summed E-state index contributed by atoms with van der Waals surface area (Å²) in [6.45, 7) is 7.73. The van der Waals surface area contributed by atoms with Gasteiger partial charge in [0.2, 0.25) is 5.91 Å². The van der Waals surface area contributed by atoms with Gasteiger partial charge in [0.1, 0.15) is 0 Å². The van der Waals surface area contributed by atoms with Crippen molar-refractivity contribution in [2.24, 2.45) is 5.92 Å². The number of hydrogen-bond acceptors (Lipinski definition) is 2. The maximum Gasteiger partial charge on any atom is 0.222 e. The standard InChI is InChI=1S/C14H26N2O/c1-4-5-6-7-9-14(17)16(11-8-10-15)12-13(2)3/h13H,4-9,11-12H2,1-3H3. The lowest BCUT2D eigenvalue weighted by Gasteiger charge is -2.23. The van der Waals surface area contributed by atoms with Gasteiger partial charge in [0, 0.05) is 19.5 Å². The number of unbranched alkanes of at least 4 members (excludes halogenated alkanes) is 3. The highest BCUT2D eigenvalue weighted by atomic mass is 16.2. The molecule has 0 aromatic heterocycles. The molecule has 0 saturated heterocycles. The lowest BCUT2D eigenvalue weighted by Crippen LogP contribution is -2.34. The molecule has 0 heterocycles. The van der Waals surface area contributed by atoms with Gasteiger partial charge in [-0.25, -0.2) is 0 Å². The second-order valence-electron chi connectivity index (χ2n) is 4.95. The summed E-state index contributed by atoms with van der Waals surface area (Å²) in [7, 11) is 0.